The van der Waals surface area contributed by atoms with Crippen LogP contribution in [-0.2, 0) is 15.9 Å². The molecule has 2 heteroatoms. The summed E-state index contributed by atoms with van der Waals surface area (Å²) in [5, 5.41) is 0. The van der Waals surface area contributed by atoms with E-state index in [0.717, 1.165) is 17.4 Å². The summed E-state index contributed by atoms with van der Waals surface area (Å²) >= 11 is 0. The van der Waals surface area contributed by atoms with Crippen LogP contribution < -0.4 is 0 Å². The third-order valence-corrected chi connectivity index (χ3v) is 4.97. The van der Waals surface area contributed by atoms with E-state index in [0.29, 0.717) is 13.2 Å². The van der Waals surface area contributed by atoms with E-state index in [1.807, 2.05) is 0 Å². The van der Waals surface area contributed by atoms with Crippen molar-refractivity contribution in [2.75, 3.05) is 13.2 Å². The van der Waals surface area contributed by atoms with Crippen LogP contribution in [0.4, 0.5) is 0 Å². The fraction of sp³-hybridized carbons (Fsp3) is 0.667. The Morgan fingerprint density at radius 2 is 1.70 bits per heavy atom. The molecule has 2 unspecified atom stereocenters. The molecular weight excluding hydrogens is 248 g/mol. The van der Waals surface area contributed by atoms with Crippen molar-refractivity contribution in [1.82, 2.24) is 0 Å². The predicted octanol–water partition coefficient (Wildman–Crippen LogP) is 4.49. The highest BCUT2D eigenvalue weighted by Gasteiger charge is 2.21. The first-order valence-corrected chi connectivity index (χ1v) is 8.15. The van der Waals surface area contributed by atoms with Crippen LogP contribution in [0.15, 0.2) is 24.3 Å². The van der Waals surface area contributed by atoms with E-state index in [2.05, 4.69) is 31.2 Å². The molecule has 2 fully saturated rings. The third-order valence-electron chi connectivity index (χ3n) is 4.97. The average Bonchev–Trinajstić information content (AvgIpc) is 3.01. The van der Waals surface area contributed by atoms with Gasteiger partial charge in [0, 0.05) is 5.56 Å². The van der Waals surface area contributed by atoms with E-state index in [4.69, 9.17) is 9.47 Å². The maximum absolute atomic E-state index is 5.53. The van der Waals surface area contributed by atoms with Gasteiger partial charge in [-0.15, -0.1) is 0 Å². The monoisotopic (exact) mass is 274 g/mol. The second kappa shape index (κ2) is 6.73. The lowest BCUT2D eigenvalue weighted by atomic mass is 9.77. The average molecular weight is 274 g/mol. The van der Waals surface area contributed by atoms with Gasteiger partial charge in [0.2, 0.25) is 0 Å². The molecule has 1 heterocycles. The third kappa shape index (κ3) is 3.42. The SMILES string of the molecule is CC1CCCCC1CCc1ccc(C2OCCO2)cc1. The van der Waals surface area contributed by atoms with Gasteiger partial charge in [-0.25, -0.2) is 0 Å². The zero-order valence-corrected chi connectivity index (χ0v) is 12.5. The van der Waals surface area contributed by atoms with E-state index in [1.54, 1.807) is 0 Å². The molecule has 0 aromatic heterocycles. The lowest BCUT2D eigenvalue weighted by Crippen LogP contribution is -2.17. The van der Waals surface area contributed by atoms with Crippen molar-refractivity contribution in [3.8, 4) is 0 Å². The van der Waals surface area contributed by atoms with Crippen LogP contribution in [0.2, 0.25) is 0 Å². The second-order valence-electron chi connectivity index (χ2n) is 6.38. The molecule has 0 radical (unpaired) electrons. The van der Waals surface area contributed by atoms with E-state index in [9.17, 15) is 0 Å². The zero-order chi connectivity index (χ0) is 13.8. The Hall–Kier alpha value is -0.860. The van der Waals surface area contributed by atoms with E-state index in [1.165, 1.54) is 44.1 Å². The number of hydrogen-bond acceptors (Lipinski definition) is 2. The number of hydrogen-bond donors (Lipinski definition) is 0. The highest BCUT2D eigenvalue weighted by atomic mass is 16.7. The molecule has 0 amide bonds. The molecule has 1 saturated heterocycles. The van der Waals surface area contributed by atoms with Gasteiger partial charge in [0.05, 0.1) is 13.2 Å². The summed E-state index contributed by atoms with van der Waals surface area (Å²) in [4.78, 5) is 0. The molecule has 1 aromatic carbocycles. The Labute approximate surface area is 122 Å². The first-order valence-electron chi connectivity index (χ1n) is 8.15. The lowest BCUT2D eigenvalue weighted by Gasteiger charge is -2.28. The molecule has 1 aromatic rings. The van der Waals surface area contributed by atoms with Crippen LogP contribution in [0.1, 0.15) is 56.4 Å². The molecule has 2 nitrogen and oxygen atoms in total. The Morgan fingerprint density at radius 3 is 2.40 bits per heavy atom. The molecular formula is C18H26O2. The summed E-state index contributed by atoms with van der Waals surface area (Å²) in [6.07, 6.45) is 8.15. The van der Waals surface area contributed by atoms with Crippen LogP contribution >= 0.6 is 0 Å². The van der Waals surface area contributed by atoms with Gasteiger partial charge in [0.25, 0.3) is 0 Å². The van der Waals surface area contributed by atoms with Crippen molar-refractivity contribution >= 4 is 0 Å². The van der Waals surface area contributed by atoms with Gasteiger partial charge in [-0.3, -0.25) is 0 Å². The largest absolute Gasteiger partial charge is 0.346 e. The summed E-state index contributed by atoms with van der Waals surface area (Å²) in [6.45, 7) is 3.86. The fourth-order valence-corrected chi connectivity index (χ4v) is 3.57. The van der Waals surface area contributed by atoms with Crippen molar-refractivity contribution in [2.24, 2.45) is 11.8 Å². The zero-order valence-electron chi connectivity index (χ0n) is 12.5. The first kappa shape index (κ1) is 14.1. The second-order valence-corrected chi connectivity index (χ2v) is 6.38. The molecule has 1 aliphatic heterocycles. The summed E-state index contributed by atoms with van der Waals surface area (Å²) in [5.74, 6) is 1.85. The van der Waals surface area contributed by atoms with Crippen LogP contribution in [-0.4, -0.2) is 13.2 Å². The van der Waals surface area contributed by atoms with Crippen LogP contribution in [0, 0.1) is 11.8 Å². The van der Waals surface area contributed by atoms with E-state index < -0.39 is 0 Å². The van der Waals surface area contributed by atoms with Crippen molar-refractivity contribution < 1.29 is 9.47 Å². The molecule has 2 atom stereocenters. The Bertz CT molecular complexity index is 406. The molecule has 110 valence electrons. The summed E-state index contributed by atoms with van der Waals surface area (Å²) in [6, 6.07) is 8.81. The van der Waals surface area contributed by atoms with Gasteiger partial charge in [-0.1, -0.05) is 56.9 Å². The highest BCUT2D eigenvalue weighted by molar-refractivity contribution is 5.23. The smallest absolute Gasteiger partial charge is 0.184 e. The Kier molecular flexibility index (Phi) is 4.74. The molecule has 2 aliphatic rings. The van der Waals surface area contributed by atoms with Crippen molar-refractivity contribution in [3.63, 3.8) is 0 Å². The van der Waals surface area contributed by atoms with Gasteiger partial charge >= 0.3 is 0 Å². The van der Waals surface area contributed by atoms with Gasteiger partial charge in [0.15, 0.2) is 6.29 Å². The van der Waals surface area contributed by atoms with Gasteiger partial charge < -0.3 is 9.47 Å². The minimum atomic E-state index is -0.137. The molecule has 0 spiro atoms. The van der Waals surface area contributed by atoms with Crippen molar-refractivity contribution in [2.45, 2.75) is 51.7 Å². The molecule has 3 rings (SSSR count). The maximum Gasteiger partial charge on any atom is 0.184 e. The lowest BCUT2D eigenvalue weighted by molar-refractivity contribution is -0.0441. The summed E-state index contributed by atoms with van der Waals surface area (Å²) in [5.41, 5.74) is 2.60. The summed E-state index contributed by atoms with van der Waals surface area (Å²) < 4.78 is 11.1. The Morgan fingerprint density at radius 1 is 1.00 bits per heavy atom. The van der Waals surface area contributed by atoms with E-state index >= 15 is 0 Å². The minimum Gasteiger partial charge on any atom is -0.346 e. The van der Waals surface area contributed by atoms with Crippen LogP contribution in [0.5, 0.6) is 0 Å². The van der Waals surface area contributed by atoms with E-state index in [-0.39, 0.29) is 6.29 Å². The quantitative estimate of drug-likeness (QED) is 0.805. The molecule has 0 N–H and O–H groups in total. The standard InChI is InChI=1S/C18H26O2/c1-14-4-2-3-5-16(14)9-6-15-7-10-17(11-8-15)18-19-12-13-20-18/h7-8,10-11,14,16,18H,2-6,9,12-13H2,1H3. The molecule has 1 aliphatic carbocycles. The molecule has 1 saturated carbocycles. The molecule has 20 heavy (non-hydrogen) atoms. The number of rotatable bonds is 4. The normalized spacial score (nSPS) is 27.9. The number of benzene rings is 1. The Balaban J connectivity index is 1.52. The number of ether oxygens (including phenoxy) is 2. The summed E-state index contributed by atoms with van der Waals surface area (Å²) in [7, 11) is 0. The highest BCUT2D eigenvalue weighted by Crippen LogP contribution is 2.33. The fourth-order valence-electron chi connectivity index (χ4n) is 3.57. The minimum absolute atomic E-state index is 0.137. The topological polar surface area (TPSA) is 18.5 Å². The van der Waals surface area contributed by atoms with Crippen LogP contribution in [0.3, 0.4) is 0 Å². The number of aryl methyl sites for hydroxylation is 1. The first-order chi connectivity index (χ1) is 9.83. The van der Waals surface area contributed by atoms with Crippen molar-refractivity contribution in [3.05, 3.63) is 35.4 Å². The maximum atomic E-state index is 5.53. The van der Waals surface area contributed by atoms with Crippen LogP contribution in [0.25, 0.3) is 0 Å². The molecule has 0 bridgehead atoms. The van der Waals surface area contributed by atoms with Gasteiger partial charge in [-0.2, -0.15) is 0 Å². The van der Waals surface area contributed by atoms with Crippen molar-refractivity contribution in [1.29, 1.82) is 0 Å². The van der Waals surface area contributed by atoms with Gasteiger partial charge in [-0.05, 0) is 30.2 Å². The van der Waals surface area contributed by atoms with Gasteiger partial charge in [0.1, 0.15) is 0 Å². The predicted molar refractivity (Wildman–Crippen MR) is 80.5 cm³/mol.